The Balaban J connectivity index is 1.93. The Hall–Kier alpha value is -1.48. The van der Waals surface area contributed by atoms with Crippen molar-refractivity contribution in [3.05, 3.63) is 30.0 Å². The van der Waals surface area contributed by atoms with Gasteiger partial charge in [0.2, 0.25) is 0 Å². The Bertz CT molecular complexity index is 577. The Morgan fingerprint density at radius 2 is 1.85 bits per heavy atom. The number of hydrogen-bond donors (Lipinski definition) is 1. The molecule has 1 aromatic heterocycles. The van der Waals surface area contributed by atoms with Crippen LogP contribution in [0.4, 0.5) is 5.69 Å². The molecule has 1 aliphatic rings. The van der Waals surface area contributed by atoms with E-state index >= 15 is 0 Å². The fraction of sp³-hybridized carbons (Fsp3) is 0.529. The third-order valence-electron chi connectivity index (χ3n) is 4.45. The molecule has 0 unspecified atom stereocenters. The quantitative estimate of drug-likeness (QED) is 0.865. The first kappa shape index (κ1) is 13.5. The summed E-state index contributed by atoms with van der Waals surface area (Å²) >= 11 is 0. The molecule has 0 radical (unpaired) electrons. The van der Waals surface area contributed by atoms with Crippen LogP contribution in [0, 0.1) is 0 Å². The summed E-state index contributed by atoms with van der Waals surface area (Å²) in [5.41, 5.74) is 9.70. The Morgan fingerprint density at radius 1 is 1.10 bits per heavy atom. The smallest absolute Gasteiger partial charge is 0.0717 e. The number of nitrogens with two attached hydrogens (primary N) is 1. The van der Waals surface area contributed by atoms with E-state index in [0.29, 0.717) is 0 Å². The van der Waals surface area contributed by atoms with Gasteiger partial charge < -0.3 is 10.3 Å². The average molecular weight is 271 g/mol. The lowest BCUT2D eigenvalue weighted by molar-refractivity contribution is 0.278. The molecule has 1 aliphatic heterocycles. The van der Waals surface area contributed by atoms with Crippen LogP contribution in [0.1, 0.15) is 38.2 Å². The molecule has 1 fully saturated rings. The van der Waals surface area contributed by atoms with E-state index in [-0.39, 0.29) is 0 Å². The van der Waals surface area contributed by atoms with Crippen LogP contribution in [-0.4, -0.2) is 22.6 Å². The number of anilines is 1. The van der Waals surface area contributed by atoms with Crippen LogP contribution in [0.15, 0.2) is 24.4 Å². The van der Waals surface area contributed by atoms with E-state index in [1.807, 2.05) is 6.07 Å². The summed E-state index contributed by atoms with van der Waals surface area (Å²) in [6.45, 7) is 6.70. The second-order valence-corrected chi connectivity index (χ2v) is 5.87. The fourth-order valence-electron chi connectivity index (χ4n) is 3.37. The highest BCUT2D eigenvalue weighted by atomic mass is 15.1. The van der Waals surface area contributed by atoms with Crippen LogP contribution in [0.25, 0.3) is 10.9 Å². The predicted octanol–water partition coefficient (Wildman–Crippen LogP) is 3.62. The molecule has 3 heteroatoms. The molecule has 0 spiro atoms. The number of aryl methyl sites for hydroxylation is 1. The van der Waals surface area contributed by atoms with Gasteiger partial charge in [-0.2, -0.15) is 0 Å². The standard InChI is InChI=1S/C17H25N3/c1-2-20-13-14(12-19-10-5-3-4-6-11-19)15-8-7-9-16(18)17(15)20/h7-9,13H,2-6,10-12,18H2,1H3. The summed E-state index contributed by atoms with van der Waals surface area (Å²) in [6.07, 6.45) is 7.76. The lowest BCUT2D eigenvalue weighted by Crippen LogP contribution is -2.23. The van der Waals surface area contributed by atoms with E-state index in [1.165, 1.54) is 55.2 Å². The maximum atomic E-state index is 6.17. The van der Waals surface area contributed by atoms with E-state index in [4.69, 9.17) is 5.73 Å². The Morgan fingerprint density at radius 3 is 2.55 bits per heavy atom. The van der Waals surface area contributed by atoms with E-state index < -0.39 is 0 Å². The molecular weight excluding hydrogens is 246 g/mol. The van der Waals surface area contributed by atoms with Crippen molar-refractivity contribution < 1.29 is 0 Å². The summed E-state index contributed by atoms with van der Waals surface area (Å²) in [6, 6.07) is 6.29. The molecule has 3 nitrogen and oxygen atoms in total. The summed E-state index contributed by atoms with van der Waals surface area (Å²) in [4.78, 5) is 2.60. The number of fused-ring (bicyclic) bond motifs is 1. The summed E-state index contributed by atoms with van der Waals surface area (Å²) in [7, 11) is 0. The molecule has 0 bridgehead atoms. The maximum absolute atomic E-state index is 6.17. The van der Waals surface area contributed by atoms with Gasteiger partial charge in [0.1, 0.15) is 0 Å². The number of aromatic nitrogens is 1. The van der Waals surface area contributed by atoms with E-state index in [2.05, 4.69) is 34.7 Å². The molecule has 20 heavy (non-hydrogen) atoms. The zero-order valence-electron chi connectivity index (χ0n) is 12.4. The Kier molecular flexibility index (Phi) is 3.97. The van der Waals surface area contributed by atoms with Gasteiger partial charge in [-0.3, -0.25) is 4.90 Å². The predicted molar refractivity (Wildman–Crippen MR) is 85.8 cm³/mol. The number of nitrogen functional groups attached to an aromatic ring is 1. The van der Waals surface area contributed by atoms with Crippen molar-refractivity contribution in [1.82, 2.24) is 9.47 Å². The molecule has 2 heterocycles. The van der Waals surface area contributed by atoms with Crippen molar-refractivity contribution in [3.63, 3.8) is 0 Å². The van der Waals surface area contributed by atoms with E-state index in [1.54, 1.807) is 0 Å². The van der Waals surface area contributed by atoms with Crippen LogP contribution in [0.3, 0.4) is 0 Å². The minimum atomic E-state index is 0.895. The molecule has 0 aliphatic carbocycles. The highest BCUT2D eigenvalue weighted by Crippen LogP contribution is 2.28. The molecule has 3 rings (SSSR count). The summed E-state index contributed by atoms with van der Waals surface area (Å²) < 4.78 is 2.29. The lowest BCUT2D eigenvalue weighted by Gasteiger charge is -2.19. The van der Waals surface area contributed by atoms with Gasteiger partial charge in [0.15, 0.2) is 0 Å². The molecule has 0 saturated carbocycles. The van der Waals surface area contributed by atoms with Gasteiger partial charge in [0.25, 0.3) is 0 Å². The molecule has 2 aromatic rings. The third kappa shape index (κ3) is 2.55. The Labute approximate surface area is 121 Å². The highest BCUT2D eigenvalue weighted by Gasteiger charge is 2.14. The zero-order chi connectivity index (χ0) is 13.9. The highest BCUT2D eigenvalue weighted by molar-refractivity contribution is 5.93. The maximum Gasteiger partial charge on any atom is 0.0717 e. The topological polar surface area (TPSA) is 34.2 Å². The molecule has 1 aromatic carbocycles. The molecule has 2 N–H and O–H groups in total. The van der Waals surface area contributed by atoms with E-state index in [9.17, 15) is 0 Å². The first-order valence-corrected chi connectivity index (χ1v) is 7.88. The number of nitrogens with zero attached hydrogens (tertiary/aromatic N) is 2. The number of para-hydroxylation sites is 1. The van der Waals surface area contributed by atoms with Crippen molar-refractivity contribution in [2.75, 3.05) is 18.8 Å². The minimum absolute atomic E-state index is 0.895. The lowest BCUT2D eigenvalue weighted by atomic mass is 10.1. The van der Waals surface area contributed by atoms with Gasteiger partial charge in [-0.1, -0.05) is 25.0 Å². The number of benzene rings is 1. The zero-order valence-corrected chi connectivity index (χ0v) is 12.4. The number of likely N-dealkylation sites (tertiary alicyclic amines) is 1. The first-order chi connectivity index (χ1) is 9.79. The molecule has 0 amide bonds. The number of rotatable bonds is 3. The molecular formula is C17H25N3. The summed E-state index contributed by atoms with van der Waals surface area (Å²) in [5, 5.41) is 1.33. The van der Waals surface area contributed by atoms with Crippen LogP contribution in [-0.2, 0) is 13.1 Å². The van der Waals surface area contributed by atoms with Gasteiger partial charge in [-0.25, -0.2) is 0 Å². The van der Waals surface area contributed by atoms with Crippen molar-refractivity contribution >= 4 is 16.6 Å². The van der Waals surface area contributed by atoms with Gasteiger partial charge in [-0.05, 0) is 44.5 Å². The van der Waals surface area contributed by atoms with Crippen molar-refractivity contribution in [1.29, 1.82) is 0 Å². The van der Waals surface area contributed by atoms with Gasteiger partial charge in [0.05, 0.1) is 11.2 Å². The average Bonchev–Trinajstić information content (AvgIpc) is 2.63. The van der Waals surface area contributed by atoms with Gasteiger partial charge >= 0.3 is 0 Å². The van der Waals surface area contributed by atoms with Crippen molar-refractivity contribution in [2.24, 2.45) is 0 Å². The van der Waals surface area contributed by atoms with Crippen LogP contribution >= 0.6 is 0 Å². The largest absolute Gasteiger partial charge is 0.397 e. The molecule has 108 valence electrons. The van der Waals surface area contributed by atoms with Gasteiger partial charge in [0, 0.05) is 24.7 Å². The van der Waals surface area contributed by atoms with Gasteiger partial charge in [-0.15, -0.1) is 0 Å². The second kappa shape index (κ2) is 5.88. The van der Waals surface area contributed by atoms with Crippen molar-refractivity contribution in [3.8, 4) is 0 Å². The molecule has 1 saturated heterocycles. The van der Waals surface area contributed by atoms with Crippen molar-refractivity contribution in [2.45, 2.75) is 45.7 Å². The monoisotopic (exact) mass is 271 g/mol. The second-order valence-electron chi connectivity index (χ2n) is 5.87. The SMILES string of the molecule is CCn1cc(CN2CCCCCC2)c2cccc(N)c21. The number of hydrogen-bond acceptors (Lipinski definition) is 2. The van der Waals surface area contributed by atoms with E-state index in [0.717, 1.165) is 18.8 Å². The first-order valence-electron chi connectivity index (χ1n) is 7.88. The van der Waals surface area contributed by atoms with Crippen LogP contribution in [0.5, 0.6) is 0 Å². The fourth-order valence-corrected chi connectivity index (χ4v) is 3.37. The third-order valence-corrected chi connectivity index (χ3v) is 4.45. The molecule has 0 atom stereocenters. The minimum Gasteiger partial charge on any atom is -0.397 e. The normalized spacial score (nSPS) is 17.4. The summed E-state index contributed by atoms with van der Waals surface area (Å²) in [5.74, 6) is 0. The van der Waals surface area contributed by atoms with Crippen LogP contribution < -0.4 is 5.73 Å². The van der Waals surface area contributed by atoms with Crippen LogP contribution in [0.2, 0.25) is 0 Å².